The van der Waals surface area contributed by atoms with Gasteiger partial charge in [-0.05, 0) is 36.5 Å². The van der Waals surface area contributed by atoms with Crippen LogP contribution in [0.4, 0.5) is 0 Å². The predicted molar refractivity (Wildman–Crippen MR) is 72.7 cm³/mol. The standard InChI is InChI=1S/C11H19NO3S2/c1-2-5-17-8-9(13)12-11(10(14)15)3-6-16-7-4-11/h2-8H2,1H3,(H,12,13)(H,14,15). The highest BCUT2D eigenvalue weighted by atomic mass is 32.2. The van der Waals surface area contributed by atoms with Crippen LogP contribution in [0.3, 0.4) is 0 Å². The second-order valence-electron chi connectivity index (χ2n) is 4.10. The highest BCUT2D eigenvalue weighted by molar-refractivity contribution is 8.00. The van der Waals surface area contributed by atoms with Gasteiger partial charge in [0.2, 0.25) is 5.91 Å². The van der Waals surface area contributed by atoms with E-state index in [1.54, 1.807) is 23.5 Å². The molecular weight excluding hydrogens is 258 g/mol. The zero-order valence-electron chi connectivity index (χ0n) is 10.0. The molecule has 1 aliphatic rings. The third-order valence-electron chi connectivity index (χ3n) is 2.72. The van der Waals surface area contributed by atoms with E-state index in [9.17, 15) is 14.7 Å². The Morgan fingerprint density at radius 2 is 2.06 bits per heavy atom. The molecule has 0 spiro atoms. The second kappa shape index (κ2) is 7.16. The minimum Gasteiger partial charge on any atom is -0.480 e. The summed E-state index contributed by atoms with van der Waals surface area (Å²) in [6, 6.07) is 0. The lowest BCUT2D eigenvalue weighted by molar-refractivity contribution is -0.147. The topological polar surface area (TPSA) is 66.4 Å². The first kappa shape index (κ1) is 14.7. The number of carbonyl (C=O) groups is 2. The van der Waals surface area contributed by atoms with Crippen LogP contribution in [0.15, 0.2) is 0 Å². The maximum atomic E-state index is 11.7. The number of thioether (sulfide) groups is 2. The van der Waals surface area contributed by atoms with E-state index in [0.717, 1.165) is 23.7 Å². The molecule has 0 bridgehead atoms. The van der Waals surface area contributed by atoms with Crippen molar-refractivity contribution in [3.63, 3.8) is 0 Å². The van der Waals surface area contributed by atoms with Crippen LogP contribution < -0.4 is 5.32 Å². The summed E-state index contributed by atoms with van der Waals surface area (Å²) in [4.78, 5) is 23.0. The zero-order chi connectivity index (χ0) is 12.7. The molecule has 2 N–H and O–H groups in total. The predicted octanol–water partition coefficient (Wildman–Crippen LogP) is 1.60. The van der Waals surface area contributed by atoms with Gasteiger partial charge in [0.1, 0.15) is 5.54 Å². The molecule has 1 aliphatic heterocycles. The number of aliphatic carboxylic acids is 1. The Morgan fingerprint density at radius 3 is 2.59 bits per heavy atom. The normalized spacial score (nSPS) is 18.6. The first-order valence-corrected chi connectivity index (χ1v) is 8.11. The number of hydrogen-bond donors (Lipinski definition) is 2. The number of nitrogens with one attached hydrogen (secondary N) is 1. The van der Waals surface area contributed by atoms with Crippen LogP contribution in [-0.4, -0.2) is 45.5 Å². The van der Waals surface area contributed by atoms with Gasteiger partial charge in [0.25, 0.3) is 0 Å². The first-order chi connectivity index (χ1) is 8.10. The van der Waals surface area contributed by atoms with E-state index >= 15 is 0 Å². The summed E-state index contributed by atoms with van der Waals surface area (Å²) >= 11 is 3.29. The van der Waals surface area contributed by atoms with Gasteiger partial charge in [0.05, 0.1) is 5.75 Å². The average Bonchev–Trinajstić information content (AvgIpc) is 2.30. The number of rotatable bonds is 6. The molecule has 0 aromatic rings. The third-order valence-corrected chi connectivity index (χ3v) is 4.86. The van der Waals surface area contributed by atoms with Gasteiger partial charge >= 0.3 is 5.97 Å². The van der Waals surface area contributed by atoms with Crippen molar-refractivity contribution in [1.29, 1.82) is 0 Å². The summed E-state index contributed by atoms with van der Waals surface area (Å²) < 4.78 is 0. The Morgan fingerprint density at radius 1 is 1.41 bits per heavy atom. The van der Waals surface area contributed by atoms with Crippen molar-refractivity contribution >= 4 is 35.4 Å². The van der Waals surface area contributed by atoms with Crippen molar-refractivity contribution in [3.8, 4) is 0 Å². The van der Waals surface area contributed by atoms with E-state index < -0.39 is 11.5 Å². The number of amides is 1. The first-order valence-electron chi connectivity index (χ1n) is 5.80. The Balaban J connectivity index is 2.48. The Labute approximate surface area is 110 Å². The van der Waals surface area contributed by atoms with Crippen LogP contribution in [0.1, 0.15) is 26.2 Å². The molecule has 17 heavy (non-hydrogen) atoms. The molecule has 6 heteroatoms. The van der Waals surface area contributed by atoms with Gasteiger partial charge in [0.15, 0.2) is 0 Å². The fourth-order valence-corrected chi connectivity index (χ4v) is 3.60. The number of hydrogen-bond acceptors (Lipinski definition) is 4. The fourth-order valence-electron chi connectivity index (χ4n) is 1.72. The van der Waals surface area contributed by atoms with Crippen LogP contribution >= 0.6 is 23.5 Å². The Hall–Kier alpha value is -0.360. The van der Waals surface area contributed by atoms with Gasteiger partial charge in [-0.1, -0.05) is 6.92 Å². The molecule has 1 heterocycles. The van der Waals surface area contributed by atoms with Gasteiger partial charge in [-0.25, -0.2) is 4.79 Å². The lowest BCUT2D eigenvalue weighted by Gasteiger charge is -2.33. The molecule has 0 aromatic heterocycles. The van der Waals surface area contributed by atoms with E-state index in [0.29, 0.717) is 18.6 Å². The van der Waals surface area contributed by atoms with Crippen molar-refractivity contribution in [2.45, 2.75) is 31.7 Å². The summed E-state index contributed by atoms with van der Waals surface area (Å²) in [5, 5.41) is 12.0. The SMILES string of the molecule is CCCSCC(=O)NC1(C(=O)O)CCSCC1. The monoisotopic (exact) mass is 277 g/mol. The molecule has 98 valence electrons. The van der Waals surface area contributed by atoms with Gasteiger partial charge < -0.3 is 10.4 Å². The summed E-state index contributed by atoms with van der Waals surface area (Å²) in [6.07, 6.45) is 2.08. The molecule has 0 aliphatic carbocycles. The minimum absolute atomic E-state index is 0.155. The molecule has 0 aromatic carbocycles. The molecule has 1 rings (SSSR count). The molecule has 1 saturated heterocycles. The van der Waals surface area contributed by atoms with Crippen LogP contribution in [-0.2, 0) is 9.59 Å². The molecule has 0 radical (unpaired) electrons. The van der Waals surface area contributed by atoms with Gasteiger partial charge in [-0.2, -0.15) is 23.5 Å². The highest BCUT2D eigenvalue weighted by Crippen LogP contribution is 2.27. The molecular formula is C11H19NO3S2. The number of carboxylic acid groups (broad SMARTS) is 1. The third kappa shape index (κ3) is 4.43. The van der Waals surface area contributed by atoms with E-state index in [1.165, 1.54) is 0 Å². The quantitative estimate of drug-likeness (QED) is 0.722. The van der Waals surface area contributed by atoms with Crippen molar-refractivity contribution < 1.29 is 14.7 Å². The van der Waals surface area contributed by atoms with E-state index in [4.69, 9.17) is 0 Å². The van der Waals surface area contributed by atoms with Crippen LogP contribution in [0, 0.1) is 0 Å². The Bertz CT molecular complexity index is 278. The van der Waals surface area contributed by atoms with Crippen LogP contribution in [0.2, 0.25) is 0 Å². The fraction of sp³-hybridized carbons (Fsp3) is 0.818. The molecule has 1 amide bonds. The lowest BCUT2D eigenvalue weighted by Crippen LogP contribution is -2.57. The zero-order valence-corrected chi connectivity index (χ0v) is 11.7. The van der Waals surface area contributed by atoms with E-state index in [-0.39, 0.29) is 5.91 Å². The van der Waals surface area contributed by atoms with E-state index in [2.05, 4.69) is 12.2 Å². The highest BCUT2D eigenvalue weighted by Gasteiger charge is 2.41. The summed E-state index contributed by atoms with van der Waals surface area (Å²) in [6.45, 7) is 2.06. The second-order valence-corrected chi connectivity index (χ2v) is 6.43. The smallest absolute Gasteiger partial charge is 0.329 e. The van der Waals surface area contributed by atoms with Crippen LogP contribution in [0.25, 0.3) is 0 Å². The van der Waals surface area contributed by atoms with Crippen molar-refractivity contribution in [2.24, 2.45) is 0 Å². The van der Waals surface area contributed by atoms with Gasteiger partial charge in [-0.15, -0.1) is 0 Å². The maximum absolute atomic E-state index is 11.7. The molecule has 0 saturated carbocycles. The number of carboxylic acids is 1. The molecule has 1 fully saturated rings. The molecule has 0 atom stereocenters. The lowest BCUT2D eigenvalue weighted by atomic mass is 9.92. The maximum Gasteiger partial charge on any atom is 0.329 e. The van der Waals surface area contributed by atoms with Crippen molar-refractivity contribution in [1.82, 2.24) is 5.32 Å². The van der Waals surface area contributed by atoms with Crippen molar-refractivity contribution in [3.05, 3.63) is 0 Å². The summed E-state index contributed by atoms with van der Waals surface area (Å²) in [5.74, 6) is 1.84. The van der Waals surface area contributed by atoms with Crippen LogP contribution in [0.5, 0.6) is 0 Å². The molecule has 0 unspecified atom stereocenters. The summed E-state index contributed by atoms with van der Waals surface area (Å²) in [7, 11) is 0. The van der Waals surface area contributed by atoms with Gasteiger partial charge in [-0.3, -0.25) is 4.79 Å². The largest absolute Gasteiger partial charge is 0.480 e. The molecule has 4 nitrogen and oxygen atoms in total. The summed E-state index contributed by atoms with van der Waals surface area (Å²) in [5.41, 5.74) is -1.02. The minimum atomic E-state index is -1.02. The van der Waals surface area contributed by atoms with Gasteiger partial charge in [0, 0.05) is 0 Å². The Kier molecular flexibility index (Phi) is 6.19. The number of carbonyl (C=O) groups excluding carboxylic acids is 1. The van der Waals surface area contributed by atoms with E-state index in [1.807, 2.05) is 0 Å². The van der Waals surface area contributed by atoms with Crippen molar-refractivity contribution in [2.75, 3.05) is 23.0 Å². The average molecular weight is 277 g/mol.